The van der Waals surface area contributed by atoms with Crippen molar-refractivity contribution in [2.75, 3.05) is 12.3 Å². The summed E-state index contributed by atoms with van der Waals surface area (Å²) in [6.45, 7) is 2.00. The Bertz CT molecular complexity index is 775. The Morgan fingerprint density at radius 2 is 1.77 bits per heavy atom. The zero-order valence-corrected chi connectivity index (χ0v) is 15.4. The molecule has 136 valence electrons. The van der Waals surface area contributed by atoms with Gasteiger partial charge in [-0.15, -0.1) is 11.8 Å². The molecule has 0 unspecified atom stereocenters. The molecule has 2 aromatic carbocycles. The molecule has 1 fully saturated rings. The van der Waals surface area contributed by atoms with Crippen molar-refractivity contribution in [3.8, 4) is 11.5 Å². The Hall–Kier alpha value is -2.31. The summed E-state index contributed by atoms with van der Waals surface area (Å²) in [6.07, 6.45) is 0.890. The van der Waals surface area contributed by atoms with Gasteiger partial charge in [-0.3, -0.25) is 9.59 Å². The molecule has 0 spiro atoms. The number of rotatable bonds is 5. The third-order valence-corrected chi connectivity index (χ3v) is 5.59. The summed E-state index contributed by atoms with van der Waals surface area (Å²) in [4.78, 5) is 23.7. The Kier molecular flexibility index (Phi) is 5.96. The molecule has 1 heterocycles. The number of amides is 1. The molecule has 0 saturated carbocycles. The predicted molar refractivity (Wildman–Crippen MR) is 104 cm³/mol. The summed E-state index contributed by atoms with van der Waals surface area (Å²) in [7, 11) is 0. The fourth-order valence-electron chi connectivity index (χ4n) is 2.78. The van der Waals surface area contributed by atoms with Crippen LogP contribution in [0.3, 0.4) is 0 Å². The third-order valence-electron chi connectivity index (χ3n) is 4.30. The van der Waals surface area contributed by atoms with E-state index in [4.69, 9.17) is 10.5 Å². The SMILES string of the molecule is CC(=O)c1ccc(Oc2ccc([C@H]3SCC[C@@H](CN)NC3=O)cc2)cc1. The van der Waals surface area contributed by atoms with Gasteiger partial charge in [-0.1, -0.05) is 12.1 Å². The van der Waals surface area contributed by atoms with E-state index >= 15 is 0 Å². The average Bonchev–Trinajstić information content (AvgIpc) is 2.84. The predicted octanol–water partition coefficient (Wildman–Crippen LogP) is 3.30. The fraction of sp³-hybridized carbons (Fsp3) is 0.300. The summed E-state index contributed by atoms with van der Waals surface area (Å²) in [6, 6.07) is 14.6. The van der Waals surface area contributed by atoms with Crippen LogP contribution in [0, 0.1) is 0 Å². The van der Waals surface area contributed by atoms with E-state index < -0.39 is 0 Å². The number of hydrogen-bond acceptors (Lipinski definition) is 5. The monoisotopic (exact) mass is 370 g/mol. The van der Waals surface area contributed by atoms with Gasteiger partial charge >= 0.3 is 0 Å². The standard InChI is InChI=1S/C20H22N2O3S/c1-13(23)14-2-6-17(7-3-14)25-18-8-4-15(5-9-18)19-20(24)22-16(12-21)10-11-26-19/h2-9,16,19H,10-12,21H2,1H3,(H,22,24)/t16-,19+/m0/s1. The van der Waals surface area contributed by atoms with Crippen LogP contribution in [-0.4, -0.2) is 30.0 Å². The van der Waals surface area contributed by atoms with E-state index in [0.29, 0.717) is 23.6 Å². The highest BCUT2D eigenvalue weighted by Crippen LogP contribution is 2.33. The van der Waals surface area contributed by atoms with Crippen LogP contribution < -0.4 is 15.8 Å². The van der Waals surface area contributed by atoms with E-state index in [2.05, 4.69) is 5.32 Å². The molecule has 0 radical (unpaired) electrons. The molecular formula is C20H22N2O3S. The first-order valence-electron chi connectivity index (χ1n) is 8.57. The molecule has 1 saturated heterocycles. The molecule has 3 N–H and O–H groups in total. The van der Waals surface area contributed by atoms with Gasteiger partial charge in [0.15, 0.2) is 5.78 Å². The second-order valence-electron chi connectivity index (χ2n) is 6.23. The van der Waals surface area contributed by atoms with Crippen molar-refractivity contribution in [3.63, 3.8) is 0 Å². The molecule has 2 aromatic rings. The zero-order chi connectivity index (χ0) is 18.5. The lowest BCUT2D eigenvalue weighted by molar-refractivity contribution is -0.121. The average molecular weight is 370 g/mol. The molecule has 0 aliphatic carbocycles. The normalized spacial score (nSPS) is 20.2. The highest BCUT2D eigenvalue weighted by atomic mass is 32.2. The molecule has 5 nitrogen and oxygen atoms in total. The maximum Gasteiger partial charge on any atom is 0.237 e. The van der Waals surface area contributed by atoms with Crippen LogP contribution in [0.4, 0.5) is 0 Å². The maximum absolute atomic E-state index is 12.4. The van der Waals surface area contributed by atoms with Crippen LogP contribution in [0.2, 0.25) is 0 Å². The van der Waals surface area contributed by atoms with Gasteiger partial charge < -0.3 is 15.8 Å². The number of nitrogens with one attached hydrogen (secondary N) is 1. The number of thioether (sulfide) groups is 1. The summed E-state index contributed by atoms with van der Waals surface area (Å²) < 4.78 is 5.81. The van der Waals surface area contributed by atoms with Crippen molar-refractivity contribution < 1.29 is 14.3 Å². The van der Waals surface area contributed by atoms with E-state index in [0.717, 1.165) is 17.7 Å². The van der Waals surface area contributed by atoms with E-state index in [-0.39, 0.29) is 23.0 Å². The van der Waals surface area contributed by atoms with Crippen molar-refractivity contribution in [1.29, 1.82) is 0 Å². The maximum atomic E-state index is 12.4. The van der Waals surface area contributed by atoms with Crippen molar-refractivity contribution in [3.05, 3.63) is 59.7 Å². The van der Waals surface area contributed by atoms with Crippen LogP contribution in [0.1, 0.15) is 34.5 Å². The first kappa shape index (κ1) is 18.5. The fourth-order valence-corrected chi connectivity index (χ4v) is 4.01. The van der Waals surface area contributed by atoms with Gasteiger partial charge in [0.2, 0.25) is 5.91 Å². The Balaban J connectivity index is 1.68. The number of Topliss-reactive ketones (excluding diaryl/α,β-unsaturated/α-hetero) is 1. The quantitative estimate of drug-likeness (QED) is 0.789. The van der Waals surface area contributed by atoms with E-state index in [9.17, 15) is 9.59 Å². The van der Waals surface area contributed by atoms with Gasteiger partial charge in [0.05, 0.1) is 0 Å². The lowest BCUT2D eigenvalue weighted by Crippen LogP contribution is -2.40. The summed E-state index contributed by atoms with van der Waals surface area (Å²) in [5.74, 6) is 2.28. The Morgan fingerprint density at radius 1 is 1.15 bits per heavy atom. The minimum atomic E-state index is -0.226. The number of hydrogen-bond donors (Lipinski definition) is 2. The molecule has 1 amide bonds. The number of ether oxygens (including phenoxy) is 1. The minimum absolute atomic E-state index is 0.0106. The van der Waals surface area contributed by atoms with Crippen molar-refractivity contribution in [2.45, 2.75) is 24.6 Å². The van der Waals surface area contributed by atoms with Gasteiger partial charge in [0.1, 0.15) is 16.7 Å². The summed E-state index contributed by atoms with van der Waals surface area (Å²) in [5.41, 5.74) is 7.28. The topological polar surface area (TPSA) is 81.4 Å². The molecule has 0 bridgehead atoms. The number of carbonyl (C=O) groups excluding carboxylic acids is 2. The van der Waals surface area contributed by atoms with Crippen LogP contribution >= 0.6 is 11.8 Å². The molecular weight excluding hydrogens is 348 g/mol. The number of carbonyl (C=O) groups is 2. The first-order chi connectivity index (χ1) is 12.6. The van der Waals surface area contributed by atoms with Crippen LogP contribution in [-0.2, 0) is 4.79 Å². The lowest BCUT2D eigenvalue weighted by Gasteiger charge is -2.16. The minimum Gasteiger partial charge on any atom is -0.457 e. The highest BCUT2D eigenvalue weighted by Gasteiger charge is 2.26. The number of nitrogens with two attached hydrogens (primary N) is 1. The zero-order valence-electron chi connectivity index (χ0n) is 14.6. The van der Waals surface area contributed by atoms with Gasteiger partial charge in [-0.05, 0) is 61.1 Å². The van der Waals surface area contributed by atoms with E-state index in [1.54, 1.807) is 36.0 Å². The Morgan fingerprint density at radius 3 is 2.35 bits per heavy atom. The molecule has 2 atom stereocenters. The molecule has 3 rings (SSSR count). The van der Waals surface area contributed by atoms with Gasteiger partial charge in [0.25, 0.3) is 0 Å². The molecule has 6 heteroatoms. The smallest absolute Gasteiger partial charge is 0.237 e. The third kappa shape index (κ3) is 4.45. The summed E-state index contributed by atoms with van der Waals surface area (Å²) in [5, 5.41) is 2.78. The van der Waals surface area contributed by atoms with E-state index in [1.807, 2.05) is 24.3 Å². The van der Waals surface area contributed by atoms with Crippen molar-refractivity contribution in [1.82, 2.24) is 5.32 Å². The van der Waals surface area contributed by atoms with Crippen LogP contribution in [0.25, 0.3) is 0 Å². The summed E-state index contributed by atoms with van der Waals surface area (Å²) >= 11 is 1.64. The van der Waals surface area contributed by atoms with Crippen LogP contribution in [0.5, 0.6) is 11.5 Å². The van der Waals surface area contributed by atoms with Crippen LogP contribution in [0.15, 0.2) is 48.5 Å². The molecule has 26 heavy (non-hydrogen) atoms. The van der Waals surface area contributed by atoms with Crippen molar-refractivity contribution >= 4 is 23.5 Å². The van der Waals surface area contributed by atoms with Gasteiger partial charge in [-0.2, -0.15) is 0 Å². The number of ketones is 1. The van der Waals surface area contributed by atoms with Gasteiger partial charge in [0, 0.05) is 18.2 Å². The highest BCUT2D eigenvalue weighted by molar-refractivity contribution is 8.00. The Labute approximate surface area is 157 Å². The van der Waals surface area contributed by atoms with Crippen molar-refractivity contribution in [2.24, 2.45) is 5.73 Å². The lowest BCUT2D eigenvalue weighted by atomic mass is 10.1. The van der Waals surface area contributed by atoms with Gasteiger partial charge in [-0.25, -0.2) is 0 Å². The second-order valence-corrected chi connectivity index (χ2v) is 7.45. The largest absolute Gasteiger partial charge is 0.457 e. The second kappa shape index (κ2) is 8.38. The first-order valence-corrected chi connectivity index (χ1v) is 9.62. The molecule has 1 aliphatic heterocycles. The molecule has 1 aliphatic rings. The number of benzene rings is 2. The molecule has 0 aromatic heterocycles. The van der Waals surface area contributed by atoms with E-state index in [1.165, 1.54) is 6.92 Å².